The van der Waals surface area contributed by atoms with Gasteiger partial charge >= 0.3 is 0 Å². The number of nitrogens with zero attached hydrogens (tertiary/aromatic N) is 2. The van der Waals surface area contributed by atoms with Gasteiger partial charge in [-0.2, -0.15) is 0 Å². The van der Waals surface area contributed by atoms with Crippen molar-refractivity contribution in [3.63, 3.8) is 0 Å². The smallest absolute Gasteiger partial charge is 0.191 e. The highest BCUT2D eigenvalue weighted by molar-refractivity contribution is 14.0. The molecule has 23 heavy (non-hydrogen) atoms. The molecule has 1 fully saturated rings. The van der Waals surface area contributed by atoms with Gasteiger partial charge in [-0.05, 0) is 37.6 Å². The van der Waals surface area contributed by atoms with E-state index in [2.05, 4.69) is 27.4 Å². The van der Waals surface area contributed by atoms with Crippen molar-refractivity contribution in [2.45, 2.75) is 32.4 Å². The highest BCUT2D eigenvalue weighted by Crippen LogP contribution is 2.25. The van der Waals surface area contributed by atoms with Crippen LogP contribution in [0, 0.1) is 11.6 Å². The van der Waals surface area contributed by atoms with E-state index in [1.165, 1.54) is 18.9 Å². The maximum absolute atomic E-state index is 13.5. The Morgan fingerprint density at radius 2 is 2.04 bits per heavy atom. The van der Waals surface area contributed by atoms with Gasteiger partial charge in [-0.1, -0.05) is 6.92 Å². The maximum atomic E-state index is 13.5. The molecule has 2 rings (SSSR count). The molecule has 1 aliphatic rings. The van der Waals surface area contributed by atoms with Gasteiger partial charge in [0, 0.05) is 38.3 Å². The minimum absolute atomic E-state index is 0. The highest BCUT2D eigenvalue weighted by Gasteiger charge is 2.27. The number of rotatable bonds is 7. The fourth-order valence-electron chi connectivity index (χ4n) is 2.43. The van der Waals surface area contributed by atoms with Crippen molar-refractivity contribution in [1.82, 2.24) is 15.5 Å². The Balaban J connectivity index is 0.00000264. The highest BCUT2D eigenvalue weighted by atomic mass is 127. The SMILES string of the molecule is CCN(CCNC(=NC)NCc1cc(F)ccc1F)C1CC1.I. The number of aliphatic imine (C=N–C) groups is 1. The number of hydrogen-bond donors (Lipinski definition) is 2. The lowest BCUT2D eigenvalue weighted by atomic mass is 10.2. The van der Waals surface area contributed by atoms with Crippen molar-refractivity contribution in [2.75, 3.05) is 26.7 Å². The number of benzene rings is 1. The molecule has 130 valence electrons. The van der Waals surface area contributed by atoms with Crippen LogP contribution >= 0.6 is 24.0 Å². The summed E-state index contributed by atoms with van der Waals surface area (Å²) in [6, 6.07) is 4.19. The maximum Gasteiger partial charge on any atom is 0.191 e. The van der Waals surface area contributed by atoms with Crippen molar-refractivity contribution < 1.29 is 8.78 Å². The molecule has 0 atom stereocenters. The standard InChI is InChI=1S/C16H24F2N4.HI/c1-3-22(14-5-6-14)9-8-20-16(19-2)21-11-12-10-13(17)4-7-15(12)18;/h4,7,10,14H,3,5-6,8-9,11H2,1-2H3,(H2,19,20,21);1H. The Hall–Kier alpha value is -0.960. The van der Waals surface area contributed by atoms with Gasteiger partial charge in [-0.3, -0.25) is 9.89 Å². The number of guanidine groups is 1. The van der Waals surface area contributed by atoms with Gasteiger partial charge in [0.05, 0.1) is 0 Å². The molecule has 0 spiro atoms. The zero-order valence-corrected chi connectivity index (χ0v) is 15.9. The lowest BCUT2D eigenvalue weighted by Crippen LogP contribution is -2.41. The molecule has 0 saturated heterocycles. The molecular formula is C16H25F2IN4. The molecule has 0 radical (unpaired) electrons. The Labute approximate surface area is 153 Å². The summed E-state index contributed by atoms with van der Waals surface area (Å²) >= 11 is 0. The van der Waals surface area contributed by atoms with Crippen LogP contribution in [0.4, 0.5) is 8.78 Å². The van der Waals surface area contributed by atoms with E-state index in [1.807, 2.05) is 0 Å². The Morgan fingerprint density at radius 3 is 2.65 bits per heavy atom. The Morgan fingerprint density at radius 1 is 1.30 bits per heavy atom. The minimum Gasteiger partial charge on any atom is -0.355 e. The van der Waals surface area contributed by atoms with E-state index in [4.69, 9.17) is 0 Å². The van der Waals surface area contributed by atoms with Crippen LogP contribution < -0.4 is 10.6 Å². The van der Waals surface area contributed by atoms with Crippen molar-refractivity contribution in [3.8, 4) is 0 Å². The summed E-state index contributed by atoms with van der Waals surface area (Å²) in [4.78, 5) is 6.54. The largest absolute Gasteiger partial charge is 0.355 e. The van der Waals surface area contributed by atoms with Gasteiger partial charge in [0.15, 0.2) is 5.96 Å². The van der Waals surface area contributed by atoms with Gasteiger partial charge in [-0.25, -0.2) is 8.78 Å². The van der Waals surface area contributed by atoms with Crippen LogP contribution in [0.1, 0.15) is 25.3 Å². The van der Waals surface area contributed by atoms with Crippen LogP contribution in [0.15, 0.2) is 23.2 Å². The zero-order chi connectivity index (χ0) is 15.9. The predicted molar refractivity (Wildman–Crippen MR) is 100 cm³/mol. The summed E-state index contributed by atoms with van der Waals surface area (Å²) in [5.74, 6) is -0.269. The monoisotopic (exact) mass is 438 g/mol. The van der Waals surface area contributed by atoms with Crippen LogP contribution in [0.25, 0.3) is 0 Å². The second-order valence-electron chi connectivity index (χ2n) is 5.45. The molecular weight excluding hydrogens is 413 g/mol. The molecule has 4 nitrogen and oxygen atoms in total. The van der Waals surface area contributed by atoms with Crippen LogP contribution in [0.3, 0.4) is 0 Å². The Bertz CT molecular complexity index is 521. The van der Waals surface area contributed by atoms with Crippen LogP contribution in [0.5, 0.6) is 0 Å². The first-order valence-electron chi connectivity index (χ1n) is 7.76. The Kier molecular flexibility index (Phi) is 8.75. The third-order valence-electron chi connectivity index (χ3n) is 3.84. The fourth-order valence-corrected chi connectivity index (χ4v) is 2.43. The predicted octanol–water partition coefficient (Wildman–Crippen LogP) is 2.73. The molecule has 0 bridgehead atoms. The topological polar surface area (TPSA) is 39.7 Å². The van der Waals surface area contributed by atoms with Crippen molar-refractivity contribution in [2.24, 2.45) is 4.99 Å². The van der Waals surface area contributed by atoms with Crippen molar-refractivity contribution >= 4 is 29.9 Å². The van der Waals surface area contributed by atoms with E-state index in [0.717, 1.165) is 37.8 Å². The summed E-state index contributed by atoms with van der Waals surface area (Å²) in [6.07, 6.45) is 2.58. The average Bonchev–Trinajstić information content (AvgIpc) is 3.34. The molecule has 1 saturated carbocycles. The molecule has 0 aliphatic heterocycles. The lowest BCUT2D eigenvalue weighted by molar-refractivity contribution is 0.282. The second-order valence-corrected chi connectivity index (χ2v) is 5.45. The number of halogens is 3. The average molecular weight is 438 g/mol. The van der Waals surface area contributed by atoms with Gasteiger partial charge in [-0.15, -0.1) is 24.0 Å². The number of nitrogens with one attached hydrogen (secondary N) is 2. The van der Waals surface area contributed by atoms with E-state index >= 15 is 0 Å². The quantitative estimate of drug-likeness (QED) is 0.391. The van der Waals surface area contributed by atoms with Crippen LogP contribution in [-0.4, -0.2) is 43.6 Å². The summed E-state index contributed by atoms with van der Waals surface area (Å²) in [5, 5.41) is 6.21. The summed E-state index contributed by atoms with van der Waals surface area (Å²) in [5.41, 5.74) is 0.288. The molecule has 0 unspecified atom stereocenters. The van der Waals surface area contributed by atoms with Gasteiger partial charge in [0.1, 0.15) is 11.6 Å². The van der Waals surface area contributed by atoms with Crippen LogP contribution in [-0.2, 0) is 6.54 Å². The van der Waals surface area contributed by atoms with Crippen molar-refractivity contribution in [1.29, 1.82) is 0 Å². The van der Waals surface area contributed by atoms with Crippen LogP contribution in [0.2, 0.25) is 0 Å². The van der Waals surface area contributed by atoms with Gasteiger partial charge in [0.2, 0.25) is 0 Å². The molecule has 1 aliphatic carbocycles. The molecule has 1 aromatic carbocycles. The minimum atomic E-state index is -0.441. The van der Waals surface area contributed by atoms with Gasteiger partial charge < -0.3 is 10.6 Å². The van der Waals surface area contributed by atoms with E-state index in [0.29, 0.717) is 5.96 Å². The second kappa shape index (κ2) is 10.0. The molecule has 0 heterocycles. The van der Waals surface area contributed by atoms with E-state index < -0.39 is 11.6 Å². The molecule has 2 N–H and O–H groups in total. The first kappa shape index (κ1) is 20.1. The summed E-state index contributed by atoms with van der Waals surface area (Å²) < 4.78 is 26.7. The molecule has 1 aromatic rings. The fraction of sp³-hybridized carbons (Fsp3) is 0.562. The van der Waals surface area contributed by atoms with Gasteiger partial charge in [0.25, 0.3) is 0 Å². The third kappa shape index (κ3) is 6.58. The molecule has 7 heteroatoms. The number of likely N-dealkylation sites (N-methyl/N-ethyl adjacent to an activating group) is 1. The normalized spacial score (nSPS) is 14.6. The molecule has 0 amide bonds. The summed E-state index contributed by atoms with van der Waals surface area (Å²) in [6.45, 7) is 5.14. The lowest BCUT2D eigenvalue weighted by Gasteiger charge is -2.20. The van der Waals surface area contributed by atoms with Crippen molar-refractivity contribution in [3.05, 3.63) is 35.4 Å². The number of hydrogen-bond acceptors (Lipinski definition) is 2. The van der Waals surface area contributed by atoms with E-state index in [9.17, 15) is 8.78 Å². The third-order valence-corrected chi connectivity index (χ3v) is 3.84. The summed E-state index contributed by atoms with van der Waals surface area (Å²) in [7, 11) is 1.66. The molecule has 0 aromatic heterocycles. The first-order valence-corrected chi connectivity index (χ1v) is 7.76. The van der Waals surface area contributed by atoms with E-state index in [-0.39, 0.29) is 36.1 Å². The zero-order valence-electron chi connectivity index (χ0n) is 13.6. The van der Waals surface area contributed by atoms with E-state index in [1.54, 1.807) is 7.05 Å². The first-order chi connectivity index (χ1) is 10.6.